The summed E-state index contributed by atoms with van der Waals surface area (Å²) in [7, 11) is 1.36. The van der Waals surface area contributed by atoms with Crippen LogP contribution in [0.15, 0.2) is 12.5 Å². The molecule has 0 saturated carbocycles. The molecule has 13 heavy (non-hydrogen) atoms. The van der Waals surface area contributed by atoms with Crippen LogP contribution in [-0.2, 0) is 16.0 Å². The first kappa shape index (κ1) is 9.73. The number of nitrogens with two attached hydrogens (primary N) is 1. The molecule has 0 aliphatic heterocycles. The number of imidazole rings is 1. The second-order valence-corrected chi connectivity index (χ2v) is 2.74. The van der Waals surface area contributed by atoms with Gasteiger partial charge in [0.2, 0.25) is 0 Å². The van der Waals surface area contributed by atoms with Crippen LogP contribution in [0, 0.1) is 5.92 Å². The molecule has 0 bridgehead atoms. The molecule has 72 valence electrons. The van der Waals surface area contributed by atoms with E-state index < -0.39 is 0 Å². The molecule has 0 aliphatic carbocycles. The zero-order chi connectivity index (χ0) is 9.68. The Morgan fingerprint density at radius 2 is 2.62 bits per heavy atom. The van der Waals surface area contributed by atoms with Gasteiger partial charge in [-0.25, -0.2) is 4.98 Å². The number of hydrogen-bond acceptors (Lipinski definition) is 4. The van der Waals surface area contributed by atoms with Crippen LogP contribution in [0.1, 0.15) is 5.69 Å². The molecule has 1 aromatic rings. The quantitative estimate of drug-likeness (QED) is 0.628. The summed E-state index contributed by atoms with van der Waals surface area (Å²) in [6, 6.07) is 0. The maximum atomic E-state index is 11.1. The summed E-state index contributed by atoms with van der Waals surface area (Å²) >= 11 is 0. The molecule has 0 aliphatic rings. The smallest absolute Gasteiger partial charge is 0.310 e. The van der Waals surface area contributed by atoms with Crippen LogP contribution in [0.25, 0.3) is 0 Å². The number of nitrogens with zero attached hydrogens (tertiary/aromatic N) is 1. The number of hydrogen-bond donors (Lipinski definition) is 2. The van der Waals surface area contributed by atoms with E-state index in [1.807, 2.05) is 0 Å². The molecule has 0 spiro atoms. The van der Waals surface area contributed by atoms with E-state index >= 15 is 0 Å². The van der Waals surface area contributed by atoms with E-state index in [2.05, 4.69) is 14.7 Å². The van der Waals surface area contributed by atoms with Crippen molar-refractivity contribution in [3.63, 3.8) is 0 Å². The fourth-order valence-corrected chi connectivity index (χ4v) is 1.09. The van der Waals surface area contributed by atoms with Crippen molar-refractivity contribution in [2.24, 2.45) is 11.7 Å². The molecule has 0 fully saturated rings. The highest BCUT2D eigenvalue weighted by Crippen LogP contribution is 2.05. The van der Waals surface area contributed by atoms with Crippen LogP contribution in [0.5, 0.6) is 0 Å². The third-order valence-corrected chi connectivity index (χ3v) is 1.84. The number of ether oxygens (including phenoxy) is 1. The number of aromatic amines is 1. The minimum atomic E-state index is -0.287. The minimum absolute atomic E-state index is 0.280. The van der Waals surface area contributed by atoms with Gasteiger partial charge in [0.05, 0.1) is 19.4 Å². The number of carbonyl (C=O) groups excluding carboxylic acids is 1. The number of esters is 1. The summed E-state index contributed by atoms with van der Waals surface area (Å²) < 4.78 is 4.60. The van der Waals surface area contributed by atoms with Gasteiger partial charge in [-0.2, -0.15) is 0 Å². The summed E-state index contributed by atoms with van der Waals surface area (Å²) in [6.45, 7) is 0.283. The molecular weight excluding hydrogens is 170 g/mol. The fourth-order valence-electron chi connectivity index (χ4n) is 1.09. The first-order chi connectivity index (χ1) is 6.27. The first-order valence-electron chi connectivity index (χ1n) is 4.03. The number of rotatable bonds is 4. The number of H-pyrrole nitrogens is 1. The largest absolute Gasteiger partial charge is 0.469 e. The summed E-state index contributed by atoms with van der Waals surface area (Å²) in [6.07, 6.45) is 3.79. The van der Waals surface area contributed by atoms with Crippen molar-refractivity contribution in [2.75, 3.05) is 13.7 Å². The third-order valence-electron chi connectivity index (χ3n) is 1.84. The number of aromatic nitrogens is 2. The van der Waals surface area contributed by atoms with E-state index in [4.69, 9.17) is 5.73 Å². The molecule has 0 saturated heterocycles. The van der Waals surface area contributed by atoms with Crippen molar-refractivity contribution in [2.45, 2.75) is 6.42 Å². The van der Waals surface area contributed by atoms with Gasteiger partial charge in [0.15, 0.2) is 0 Å². The zero-order valence-electron chi connectivity index (χ0n) is 7.49. The molecule has 1 heterocycles. The van der Waals surface area contributed by atoms with E-state index in [-0.39, 0.29) is 18.4 Å². The molecule has 1 aromatic heterocycles. The van der Waals surface area contributed by atoms with Gasteiger partial charge in [-0.3, -0.25) is 4.79 Å². The van der Waals surface area contributed by atoms with Crippen LogP contribution in [0.4, 0.5) is 0 Å². The molecular formula is C8H13N3O2. The first-order valence-corrected chi connectivity index (χ1v) is 4.03. The predicted molar refractivity (Wildman–Crippen MR) is 46.9 cm³/mol. The van der Waals surface area contributed by atoms with Crippen molar-refractivity contribution in [1.29, 1.82) is 0 Å². The standard InChI is InChI=1S/C8H13N3O2/c1-13-8(12)6(3-9)2-7-4-10-5-11-7/h4-6H,2-3,9H2,1H3,(H,10,11). The lowest BCUT2D eigenvalue weighted by atomic mass is 10.0. The Hall–Kier alpha value is -1.36. The summed E-state index contributed by atoms with van der Waals surface area (Å²) in [4.78, 5) is 17.9. The monoisotopic (exact) mass is 183 g/mol. The van der Waals surface area contributed by atoms with Crippen LogP contribution in [-0.4, -0.2) is 29.6 Å². The minimum Gasteiger partial charge on any atom is -0.469 e. The van der Waals surface area contributed by atoms with E-state index in [0.717, 1.165) is 5.69 Å². The number of nitrogens with one attached hydrogen (secondary N) is 1. The maximum Gasteiger partial charge on any atom is 0.310 e. The second-order valence-electron chi connectivity index (χ2n) is 2.74. The van der Waals surface area contributed by atoms with Gasteiger partial charge < -0.3 is 15.5 Å². The van der Waals surface area contributed by atoms with Crippen LogP contribution in [0.2, 0.25) is 0 Å². The van der Waals surface area contributed by atoms with Gasteiger partial charge >= 0.3 is 5.97 Å². The third kappa shape index (κ3) is 2.55. The number of methoxy groups -OCH3 is 1. The van der Waals surface area contributed by atoms with Crippen molar-refractivity contribution in [3.8, 4) is 0 Å². The summed E-state index contributed by atoms with van der Waals surface area (Å²) in [5.74, 6) is -0.567. The van der Waals surface area contributed by atoms with Crippen molar-refractivity contribution < 1.29 is 9.53 Å². The Labute approximate surface area is 76.3 Å². The summed E-state index contributed by atoms with van der Waals surface area (Å²) in [5, 5.41) is 0. The van der Waals surface area contributed by atoms with Gasteiger partial charge in [-0.05, 0) is 0 Å². The van der Waals surface area contributed by atoms with Gasteiger partial charge in [-0.1, -0.05) is 0 Å². The lowest BCUT2D eigenvalue weighted by molar-refractivity contribution is -0.145. The fraction of sp³-hybridized carbons (Fsp3) is 0.500. The second kappa shape index (κ2) is 4.61. The number of carbonyl (C=O) groups is 1. The van der Waals surface area contributed by atoms with E-state index in [9.17, 15) is 4.79 Å². The Balaban J connectivity index is 2.54. The molecule has 5 nitrogen and oxygen atoms in total. The van der Waals surface area contributed by atoms with Crippen LogP contribution >= 0.6 is 0 Å². The maximum absolute atomic E-state index is 11.1. The molecule has 0 aromatic carbocycles. The molecule has 1 rings (SSSR count). The molecule has 3 N–H and O–H groups in total. The molecule has 1 atom stereocenters. The Kier molecular flexibility index (Phi) is 3.45. The normalized spacial score (nSPS) is 12.5. The van der Waals surface area contributed by atoms with Crippen molar-refractivity contribution in [3.05, 3.63) is 18.2 Å². The SMILES string of the molecule is COC(=O)C(CN)Cc1cnc[nH]1. The highest BCUT2D eigenvalue weighted by Gasteiger charge is 2.18. The lowest BCUT2D eigenvalue weighted by Gasteiger charge is -2.10. The van der Waals surface area contributed by atoms with Gasteiger partial charge in [0.25, 0.3) is 0 Å². The highest BCUT2D eigenvalue weighted by molar-refractivity contribution is 5.72. The van der Waals surface area contributed by atoms with E-state index in [1.165, 1.54) is 7.11 Å². The van der Waals surface area contributed by atoms with Crippen LogP contribution in [0.3, 0.4) is 0 Å². The van der Waals surface area contributed by atoms with Crippen LogP contribution < -0.4 is 5.73 Å². The molecule has 1 unspecified atom stereocenters. The Morgan fingerprint density at radius 3 is 3.08 bits per heavy atom. The molecule has 0 radical (unpaired) electrons. The summed E-state index contributed by atoms with van der Waals surface area (Å²) in [5.41, 5.74) is 6.32. The van der Waals surface area contributed by atoms with Gasteiger partial charge in [-0.15, -0.1) is 0 Å². The average molecular weight is 183 g/mol. The molecule has 0 amide bonds. The van der Waals surface area contributed by atoms with E-state index in [0.29, 0.717) is 6.42 Å². The Bertz CT molecular complexity index is 258. The van der Waals surface area contributed by atoms with Gasteiger partial charge in [0.1, 0.15) is 0 Å². The molecule has 5 heteroatoms. The zero-order valence-corrected chi connectivity index (χ0v) is 7.49. The Morgan fingerprint density at radius 1 is 1.85 bits per heavy atom. The van der Waals surface area contributed by atoms with Crippen molar-refractivity contribution in [1.82, 2.24) is 9.97 Å². The van der Waals surface area contributed by atoms with Gasteiger partial charge in [0, 0.05) is 24.9 Å². The lowest BCUT2D eigenvalue weighted by Crippen LogP contribution is -2.26. The topological polar surface area (TPSA) is 81.0 Å². The van der Waals surface area contributed by atoms with Crippen molar-refractivity contribution >= 4 is 5.97 Å². The predicted octanol–water partition coefficient (Wildman–Crippen LogP) is -0.300. The average Bonchev–Trinajstić information content (AvgIpc) is 2.65. The van der Waals surface area contributed by atoms with E-state index in [1.54, 1.807) is 12.5 Å². The highest BCUT2D eigenvalue weighted by atomic mass is 16.5.